The molecule has 1 nitrogen and oxygen atoms in total. The maximum absolute atomic E-state index is 15.1. The smallest absolute Gasteiger partial charge is 0.165 e. The molecule has 4 rings (SSSR count). The van der Waals surface area contributed by atoms with Crippen LogP contribution in [0.15, 0.2) is 84.7 Å². The van der Waals surface area contributed by atoms with Gasteiger partial charge in [-0.2, -0.15) is 0 Å². The number of halogens is 3. The van der Waals surface area contributed by atoms with E-state index in [0.717, 1.165) is 24.0 Å². The van der Waals surface area contributed by atoms with Gasteiger partial charge in [0.2, 0.25) is 0 Å². The number of rotatable bonds is 7. The Kier molecular flexibility index (Phi) is 5.96. The van der Waals surface area contributed by atoms with E-state index < -0.39 is 5.82 Å². The van der Waals surface area contributed by atoms with Gasteiger partial charge >= 0.3 is 0 Å². The van der Waals surface area contributed by atoms with Gasteiger partial charge in [-0.3, -0.25) is 0 Å². The Labute approximate surface area is 174 Å². The largest absolute Gasteiger partial charge is 0.454 e. The minimum Gasteiger partial charge on any atom is -0.454 e. The fraction of sp³-hybridized carbons (Fsp3) is 0.200. The minimum absolute atomic E-state index is 0.138. The van der Waals surface area contributed by atoms with Crippen LogP contribution in [0.25, 0.3) is 0 Å². The molecule has 1 fully saturated rings. The summed E-state index contributed by atoms with van der Waals surface area (Å²) in [6.07, 6.45) is 4.02. The Morgan fingerprint density at radius 3 is 2.45 bits per heavy atom. The van der Waals surface area contributed by atoms with Crippen LogP contribution >= 0.6 is 11.6 Å². The van der Waals surface area contributed by atoms with Crippen molar-refractivity contribution in [2.24, 2.45) is 5.92 Å². The van der Waals surface area contributed by atoms with Gasteiger partial charge < -0.3 is 4.74 Å². The number of para-hydroxylation sites is 1. The third-order valence-electron chi connectivity index (χ3n) is 5.12. The van der Waals surface area contributed by atoms with E-state index in [4.69, 9.17) is 16.3 Å². The zero-order valence-electron chi connectivity index (χ0n) is 15.8. The van der Waals surface area contributed by atoms with Crippen LogP contribution < -0.4 is 4.74 Å². The second-order valence-corrected chi connectivity index (χ2v) is 7.78. The van der Waals surface area contributed by atoms with Gasteiger partial charge in [-0.15, -0.1) is 0 Å². The predicted molar refractivity (Wildman–Crippen MR) is 113 cm³/mol. The van der Waals surface area contributed by atoms with Crippen LogP contribution in [-0.2, 0) is 6.42 Å². The van der Waals surface area contributed by atoms with E-state index in [1.54, 1.807) is 42.5 Å². The molecule has 148 valence electrons. The molecular formula is C25H21ClF2O. The average molecular weight is 411 g/mol. The van der Waals surface area contributed by atoms with Crippen LogP contribution in [0.5, 0.6) is 11.5 Å². The van der Waals surface area contributed by atoms with E-state index in [2.05, 4.69) is 0 Å². The van der Waals surface area contributed by atoms with Crippen molar-refractivity contribution in [2.75, 3.05) is 0 Å². The van der Waals surface area contributed by atoms with Crippen LogP contribution in [0.3, 0.4) is 0 Å². The van der Waals surface area contributed by atoms with Crippen molar-refractivity contribution in [3.63, 3.8) is 0 Å². The summed E-state index contributed by atoms with van der Waals surface area (Å²) in [5.74, 6) is 0.190. The fourth-order valence-corrected chi connectivity index (χ4v) is 3.59. The molecule has 1 saturated carbocycles. The number of ether oxygens (including phenoxy) is 1. The average Bonchev–Trinajstić information content (AvgIpc) is 3.56. The Morgan fingerprint density at radius 2 is 1.76 bits per heavy atom. The molecule has 0 heterocycles. The first-order chi connectivity index (χ1) is 14.1. The van der Waals surface area contributed by atoms with Gasteiger partial charge in [0.05, 0.1) is 0 Å². The lowest BCUT2D eigenvalue weighted by Crippen LogP contribution is -2.03. The molecule has 4 heteroatoms. The van der Waals surface area contributed by atoms with Crippen molar-refractivity contribution >= 4 is 11.6 Å². The molecule has 0 aromatic heterocycles. The molecule has 3 aromatic carbocycles. The molecule has 1 atom stereocenters. The topological polar surface area (TPSA) is 9.23 Å². The summed E-state index contributed by atoms with van der Waals surface area (Å²) in [5, 5.41) is 0.643. The molecule has 0 radical (unpaired) electrons. The summed E-state index contributed by atoms with van der Waals surface area (Å²) in [6.45, 7) is 0. The van der Waals surface area contributed by atoms with Crippen molar-refractivity contribution < 1.29 is 13.5 Å². The Morgan fingerprint density at radius 1 is 1.03 bits per heavy atom. The van der Waals surface area contributed by atoms with Gasteiger partial charge in [-0.05, 0) is 78.8 Å². The molecular weight excluding hydrogens is 390 g/mol. The maximum atomic E-state index is 15.1. The monoisotopic (exact) mass is 410 g/mol. The van der Waals surface area contributed by atoms with Crippen molar-refractivity contribution in [2.45, 2.75) is 25.2 Å². The lowest BCUT2D eigenvalue weighted by atomic mass is 9.92. The van der Waals surface area contributed by atoms with Gasteiger partial charge in [0, 0.05) is 10.9 Å². The highest BCUT2D eigenvalue weighted by molar-refractivity contribution is 6.30. The number of hydrogen-bond acceptors (Lipinski definition) is 1. The van der Waals surface area contributed by atoms with E-state index >= 15 is 4.39 Å². The molecule has 1 aliphatic carbocycles. The van der Waals surface area contributed by atoms with E-state index in [1.165, 1.54) is 6.07 Å². The van der Waals surface area contributed by atoms with Crippen LogP contribution in [-0.4, -0.2) is 0 Å². The summed E-state index contributed by atoms with van der Waals surface area (Å²) < 4.78 is 34.8. The van der Waals surface area contributed by atoms with Gasteiger partial charge in [-0.25, -0.2) is 8.78 Å². The summed E-state index contributed by atoms with van der Waals surface area (Å²) in [6, 6.07) is 21.1. The second-order valence-electron chi connectivity index (χ2n) is 7.34. The molecule has 1 aliphatic rings. The molecule has 0 unspecified atom stereocenters. The van der Waals surface area contributed by atoms with Crippen LogP contribution in [0, 0.1) is 11.7 Å². The van der Waals surface area contributed by atoms with Crippen LogP contribution in [0.1, 0.15) is 29.9 Å². The second kappa shape index (κ2) is 8.79. The van der Waals surface area contributed by atoms with E-state index in [0.29, 0.717) is 23.1 Å². The summed E-state index contributed by atoms with van der Waals surface area (Å²) >= 11 is 5.97. The number of allylic oxidation sites excluding steroid dienone is 2. The molecule has 0 N–H and O–H groups in total. The summed E-state index contributed by atoms with van der Waals surface area (Å²) in [7, 11) is 0. The Bertz CT molecular complexity index is 995. The summed E-state index contributed by atoms with van der Waals surface area (Å²) in [5.41, 5.74) is 1.73. The maximum Gasteiger partial charge on any atom is 0.165 e. The molecule has 0 amide bonds. The lowest BCUT2D eigenvalue weighted by molar-refractivity contribution is 0.441. The molecule has 3 aromatic rings. The van der Waals surface area contributed by atoms with Crippen molar-refractivity contribution in [1.82, 2.24) is 0 Å². The van der Waals surface area contributed by atoms with Crippen molar-refractivity contribution in [3.8, 4) is 11.5 Å². The number of hydrogen-bond donors (Lipinski definition) is 0. The molecule has 0 bridgehead atoms. The highest BCUT2D eigenvalue weighted by Gasteiger charge is 2.35. The van der Waals surface area contributed by atoms with E-state index in [9.17, 15) is 4.39 Å². The van der Waals surface area contributed by atoms with Crippen molar-refractivity contribution in [1.29, 1.82) is 0 Å². The zero-order chi connectivity index (χ0) is 20.2. The third-order valence-corrected chi connectivity index (χ3v) is 5.37. The first-order valence-corrected chi connectivity index (χ1v) is 10.1. The van der Waals surface area contributed by atoms with Gasteiger partial charge in [-0.1, -0.05) is 48.0 Å². The molecule has 0 saturated heterocycles. The Hall–Kier alpha value is -2.65. The normalized spacial score (nSPS) is 15.2. The SMILES string of the molecule is FC(=CCc1ccc(F)c(Oc2ccccc2)c1)[C@H](c1ccc(Cl)cc1)C1CC1. The summed E-state index contributed by atoms with van der Waals surface area (Å²) in [4.78, 5) is 0. The predicted octanol–water partition coefficient (Wildman–Crippen LogP) is 7.86. The van der Waals surface area contributed by atoms with Crippen LogP contribution in [0.4, 0.5) is 8.78 Å². The molecule has 29 heavy (non-hydrogen) atoms. The zero-order valence-corrected chi connectivity index (χ0v) is 16.6. The van der Waals surface area contributed by atoms with Crippen molar-refractivity contribution in [3.05, 3.63) is 107 Å². The standard InChI is InChI=1S/C25H21ClF2O/c26-20-12-10-19(11-13-20)25(18-8-9-18)23(28)15-7-17-6-14-22(27)24(16-17)29-21-4-2-1-3-5-21/h1-6,10-16,18,25H,7-9H2/t25-/m0/s1. The van der Waals surface area contributed by atoms with E-state index in [1.807, 2.05) is 30.3 Å². The van der Waals surface area contributed by atoms with Gasteiger partial charge in [0.25, 0.3) is 0 Å². The highest BCUT2D eigenvalue weighted by atomic mass is 35.5. The minimum atomic E-state index is -0.445. The van der Waals surface area contributed by atoms with Crippen LogP contribution in [0.2, 0.25) is 5.02 Å². The highest BCUT2D eigenvalue weighted by Crippen LogP contribution is 2.47. The fourth-order valence-electron chi connectivity index (χ4n) is 3.47. The number of benzene rings is 3. The van der Waals surface area contributed by atoms with Gasteiger partial charge in [0.15, 0.2) is 11.6 Å². The quantitative estimate of drug-likeness (QED) is 0.385. The lowest BCUT2D eigenvalue weighted by Gasteiger charge is -2.15. The third kappa shape index (κ3) is 5.04. The Balaban J connectivity index is 1.51. The van der Waals surface area contributed by atoms with Gasteiger partial charge in [0.1, 0.15) is 11.6 Å². The molecule has 0 aliphatic heterocycles. The first-order valence-electron chi connectivity index (χ1n) is 9.72. The van der Waals surface area contributed by atoms with E-state index in [-0.39, 0.29) is 17.5 Å². The molecule has 0 spiro atoms. The first kappa shape index (κ1) is 19.7.